The molecular formula is C21H26N2O4S. The fraction of sp³-hybridized carbons (Fsp3) is 0.381. The molecule has 2 aromatic carbocycles. The van der Waals surface area contributed by atoms with Gasteiger partial charge in [0.1, 0.15) is 5.75 Å². The monoisotopic (exact) mass is 402 g/mol. The summed E-state index contributed by atoms with van der Waals surface area (Å²) >= 11 is 0. The van der Waals surface area contributed by atoms with E-state index in [1.54, 1.807) is 31.4 Å². The molecule has 1 atom stereocenters. The van der Waals surface area contributed by atoms with Gasteiger partial charge in [-0.2, -0.15) is 0 Å². The number of benzene rings is 2. The van der Waals surface area contributed by atoms with Crippen molar-refractivity contribution < 1.29 is 17.9 Å². The average Bonchev–Trinajstić information content (AvgIpc) is 2.92. The number of nitrogens with zero attached hydrogens (tertiary/aromatic N) is 1. The molecule has 7 heteroatoms. The third-order valence-corrected chi connectivity index (χ3v) is 5.53. The van der Waals surface area contributed by atoms with Gasteiger partial charge in [0.25, 0.3) is 5.91 Å². The highest BCUT2D eigenvalue weighted by molar-refractivity contribution is 7.92. The highest BCUT2D eigenvalue weighted by Gasteiger charge is 2.27. The molecule has 1 aliphatic rings. The summed E-state index contributed by atoms with van der Waals surface area (Å²) < 4.78 is 30.7. The molecule has 0 radical (unpaired) electrons. The maximum atomic E-state index is 13.3. The fourth-order valence-corrected chi connectivity index (χ4v) is 4.17. The number of methoxy groups -OCH3 is 1. The smallest absolute Gasteiger partial charge is 0.254 e. The molecule has 0 bridgehead atoms. The van der Waals surface area contributed by atoms with E-state index >= 15 is 0 Å². The fourth-order valence-electron chi connectivity index (χ4n) is 3.62. The van der Waals surface area contributed by atoms with Crippen LogP contribution in [0.15, 0.2) is 48.5 Å². The van der Waals surface area contributed by atoms with Crippen molar-refractivity contribution in [1.82, 2.24) is 4.90 Å². The van der Waals surface area contributed by atoms with Crippen molar-refractivity contribution in [2.45, 2.75) is 31.7 Å². The summed E-state index contributed by atoms with van der Waals surface area (Å²) in [6.07, 6.45) is 5.11. The molecule has 6 nitrogen and oxygen atoms in total. The number of carbonyl (C=O) groups excluding carboxylic acids is 1. The van der Waals surface area contributed by atoms with Gasteiger partial charge in [-0.05, 0) is 48.7 Å². The first-order chi connectivity index (χ1) is 13.4. The van der Waals surface area contributed by atoms with E-state index < -0.39 is 10.0 Å². The van der Waals surface area contributed by atoms with Gasteiger partial charge < -0.3 is 9.64 Å². The zero-order valence-corrected chi connectivity index (χ0v) is 17.0. The number of hydrogen-bond acceptors (Lipinski definition) is 4. The molecule has 1 saturated heterocycles. The van der Waals surface area contributed by atoms with Crippen molar-refractivity contribution in [1.29, 1.82) is 0 Å². The second-order valence-corrected chi connectivity index (χ2v) is 8.84. The highest BCUT2D eigenvalue weighted by Crippen LogP contribution is 2.32. The van der Waals surface area contributed by atoms with Crippen LogP contribution in [0, 0.1) is 0 Å². The van der Waals surface area contributed by atoms with Gasteiger partial charge in [-0.3, -0.25) is 9.52 Å². The Morgan fingerprint density at radius 3 is 2.54 bits per heavy atom. The standard InChI is InChI=1S/C21H26N2O4S/c1-27-19-12-10-16(11-13-19)20-9-4-3-5-14-23(20)21(24)17-7-6-8-18(15-17)22-28(2,25)26/h6-8,10-13,15,20,22H,3-5,9,14H2,1-2H3. The predicted molar refractivity (Wildman–Crippen MR) is 110 cm³/mol. The number of ether oxygens (including phenoxy) is 1. The first kappa shape index (κ1) is 20.2. The first-order valence-corrected chi connectivity index (χ1v) is 11.3. The minimum atomic E-state index is -3.40. The molecule has 1 amide bonds. The number of nitrogens with one attached hydrogen (secondary N) is 1. The lowest BCUT2D eigenvalue weighted by atomic mass is 10.00. The van der Waals surface area contributed by atoms with Gasteiger partial charge in [-0.1, -0.05) is 31.0 Å². The van der Waals surface area contributed by atoms with Crippen LogP contribution < -0.4 is 9.46 Å². The van der Waals surface area contributed by atoms with Crippen LogP contribution in [0.2, 0.25) is 0 Å². The van der Waals surface area contributed by atoms with E-state index in [9.17, 15) is 13.2 Å². The van der Waals surface area contributed by atoms with Gasteiger partial charge in [-0.25, -0.2) is 8.42 Å². The molecule has 0 aromatic heterocycles. The molecule has 28 heavy (non-hydrogen) atoms. The van der Waals surface area contributed by atoms with Crippen LogP contribution in [0.4, 0.5) is 5.69 Å². The number of likely N-dealkylation sites (tertiary alicyclic amines) is 1. The van der Waals surface area contributed by atoms with Crippen LogP contribution in [0.1, 0.15) is 47.6 Å². The van der Waals surface area contributed by atoms with Crippen LogP contribution in [0.25, 0.3) is 0 Å². The Labute approximate surface area is 166 Å². The largest absolute Gasteiger partial charge is 0.497 e. The summed E-state index contributed by atoms with van der Waals surface area (Å²) in [5.41, 5.74) is 1.96. The minimum Gasteiger partial charge on any atom is -0.497 e. The maximum Gasteiger partial charge on any atom is 0.254 e. The van der Waals surface area contributed by atoms with E-state index in [0.717, 1.165) is 43.3 Å². The van der Waals surface area contributed by atoms with E-state index in [2.05, 4.69) is 4.72 Å². The maximum absolute atomic E-state index is 13.3. The van der Waals surface area contributed by atoms with Crippen LogP contribution >= 0.6 is 0 Å². The van der Waals surface area contributed by atoms with E-state index in [1.165, 1.54) is 0 Å². The molecule has 1 aliphatic heterocycles. The van der Waals surface area contributed by atoms with Crippen molar-refractivity contribution in [2.24, 2.45) is 0 Å². The Morgan fingerprint density at radius 1 is 1.11 bits per heavy atom. The lowest BCUT2D eigenvalue weighted by Crippen LogP contribution is -2.34. The van der Waals surface area contributed by atoms with Crippen LogP contribution in [-0.4, -0.2) is 39.1 Å². The van der Waals surface area contributed by atoms with E-state index in [1.807, 2.05) is 29.2 Å². The third-order valence-electron chi connectivity index (χ3n) is 4.93. The van der Waals surface area contributed by atoms with Crippen molar-refractivity contribution in [3.8, 4) is 5.75 Å². The highest BCUT2D eigenvalue weighted by atomic mass is 32.2. The van der Waals surface area contributed by atoms with Gasteiger partial charge in [0.15, 0.2) is 0 Å². The molecule has 150 valence electrons. The quantitative estimate of drug-likeness (QED) is 0.825. The molecule has 0 aliphatic carbocycles. The lowest BCUT2D eigenvalue weighted by molar-refractivity contribution is 0.0681. The molecule has 3 rings (SSSR count). The summed E-state index contributed by atoms with van der Waals surface area (Å²) in [5, 5.41) is 0. The Kier molecular flexibility index (Phi) is 6.24. The first-order valence-electron chi connectivity index (χ1n) is 9.40. The second kappa shape index (κ2) is 8.65. The molecule has 1 N–H and O–H groups in total. The Morgan fingerprint density at radius 2 is 1.86 bits per heavy atom. The van der Waals surface area contributed by atoms with Gasteiger partial charge >= 0.3 is 0 Å². The second-order valence-electron chi connectivity index (χ2n) is 7.09. The zero-order valence-electron chi connectivity index (χ0n) is 16.2. The molecule has 1 heterocycles. The van der Waals surface area contributed by atoms with Gasteiger partial charge in [-0.15, -0.1) is 0 Å². The third kappa shape index (κ3) is 5.04. The van der Waals surface area contributed by atoms with Gasteiger partial charge in [0.2, 0.25) is 10.0 Å². The SMILES string of the molecule is COc1ccc(C2CCCCCN2C(=O)c2cccc(NS(C)(=O)=O)c2)cc1. The van der Waals surface area contributed by atoms with Crippen LogP contribution in [0.3, 0.4) is 0 Å². The van der Waals surface area contributed by atoms with Crippen LogP contribution in [-0.2, 0) is 10.0 Å². The number of rotatable bonds is 5. The molecule has 1 unspecified atom stereocenters. The predicted octanol–water partition coefficient (Wildman–Crippen LogP) is 3.82. The summed E-state index contributed by atoms with van der Waals surface area (Å²) in [4.78, 5) is 15.2. The number of carbonyl (C=O) groups is 1. The Hall–Kier alpha value is -2.54. The number of anilines is 1. The zero-order chi connectivity index (χ0) is 20.1. The molecule has 0 saturated carbocycles. The minimum absolute atomic E-state index is 0.00701. The van der Waals surface area contributed by atoms with E-state index in [0.29, 0.717) is 17.8 Å². The molecular weight excluding hydrogens is 376 g/mol. The lowest BCUT2D eigenvalue weighted by Gasteiger charge is -2.31. The molecule has 2 aromatic rings. The molecule has 0 spiro atoms. The Balaban J connectivity index is 1.89. The Bertz CT molecular complexity index is 926. The summed E-state index contributed by atoms with van der Waals surface area (Å²) in [7, 11) is -1.76. The van der Waals surface area contributed by atoms with Crippen molar-refractivity contribution in [3.63, 3.8) is 0 Å². The number of hydrogen-bond donors (Lipinski definition) is 1. The molecule has 1 fully saturated rings. The summed E-state index contributed by atoms with van der Waals surface area (Å²) in [5.74, 6) is 0.703. The van der Waals surface area contributed by atoms with Gasteiger partial charge in [0.05, 0.1) is 19.4 Å². The van der Waals surface area contributed by atoms with Crippen LogP contribution in [0.5, 0.6) is 5.75 Å². The normalized spacial score (nSPS) is 17.6. The number of sulfonamides is 1. The van der Waals surface area contributed by atoms with Crippen molar-refractivity contribution in [3.05, 3.63) is 59.7 Å². The van der Waals surface area contributed by atoms with Gasteiger partial charge in [0, 0.05) is 17.8 Å². The average molecular weight is 403 g/mol. The summed E-state index contributed by atoms with van der Waals surface area (Å²) in [6.45, 7) is 0.680. The topological polar surface area (TPSA) is 75.7 Å². The summed E-state index contributed by atoms with van der Waals surface area (Å²) in [6, 6.07) is 14.5. The van der Waals surface area contributed by atoms with E-state index in [-0.39, 0.29) is 11.9 Å². The van der Waals surface area contributed by atoms with E-state index in [4.69, 9.17) is 4.74 Å². The number of amides is 1. The van der Waals surface area contributed by atoms with Crippen molar-refractivity contribution >= 4 is 21.6 Å². The van der Waals surface area contributed by atoms with Crippen molar-refractivity contribution in [2.75, 3.05) is 24.6 Å².